The molecule has 0 spiro atoms. The van der Waals surface area contributed by atoms with Gasteiger partial charge >= 0.3 is 5.00 Å². The average Bonchev–Trinajstić information content (AvgIpc) is 3.03. The molecule has 2 aromatic rings. The van der Waals surface area contributed by atoms with Crippen molar-refractivity contribution in [3.05, 3.63) is 62.5 Å². The van der Waals surface area contributed by atoms with Crippen LogP contribution < -0.4 is 5.32 Å². The fraction of sp³-hybridized carbons (Fsp3) is 0.412. The van der Waals surface area contributed by atoms with Gasteiger partial charge in [-0.2, -0.15) is 0 Å². The molecule has 1 aromatic heterocycles. The van der Waals surface area contributed by atoms with Gasteiger partial charge in [0.05, 0.1) is 4.92 Å². The highest BCUT2D eigenvalue weighted by molar-refractivity contribution is 7.13. The molecule has 1 heterocycles. The van der Waals surface area contributed by atoms with Crippen molar-refractivity contribution >= 4 is 16.3 Å². The molecule has 5 nitrogen and oxygen atoms in total. The number of benzene rings is 1. The second-order valence-electron chi connectivity index (χ2n) is 5.38. The number of rotatable bonds is 9. The Hall–Kier alpha value is -1.76. The number of hydrogen-bond donors (Lipinski definition) is 1. The Labute approximate surface area is 141 Å². The minimum atomic E-state index is -0.340. The Bertz CT molecular complexity index is 638. The maximum Gasteiger partial charge on any atom is 0.324 e. The molecular weight excluding hydrogens is 310 g/mol. The summed E-state index contributed by atoms with van der Waals surface area (Å²) < 4.78 is 0. The standard InChI is InChI=1S/C17H23N3O2S/c1-3-19(4-2)12-16-8-6-5-7-15(16)11-18-10-14-9-17(20(21)22)23-13-14/h5-9,13,18H,3-4,10-12H2,1-2H3. The maximum atomic E-state index is 10.7. The molecule has 0 radical (unpaired) electrons. The first-order chi connectivity index (χ1) is 11.1. The van der Waals surface area contributed by atoms with Gasteiger partial charge in [0.25, 0.3) is 0 Å². The molecule has 0 fully saturated rings. The Morgan fingerprint density at radius 2 is 1.87 bits per heavy atom. The highest BCUT2D eigenvalue weighted by Gasteiger charge is 2.10. The van der Waals surface area contributed by atoms with Crippen LogP contribution in [0, 0.1) is 10.1 Å². The molecule has 23 heavy (non-hydrogen) atoms. The summed E-state index contributed by atoms with van der Waals surface area (Å²) in [7, 11) is 0. The van der Waals surface area contributed by atoms with Crippen LogP contribution in [0.1, 0.15) is 30.5 Å². The molecule has 1 aromatic carbocycles. The molecule has 2 rings (SSSR count). The fourth-order valence-electron chi connectivity index (χ4n) is 2.46. The van der Waals surface area contributed by atoms with Crippen molar-refractivity contribution in [3.8, 4) is 0 Å². The summed E-state index contributed by atoms with van der Waals surface area (Å²) >= 11 is 1.18. The zero-order valence-corrected chi connectivity index (χ0v) is 14.4. The monoisotopic (exact) mass is 333 g/mol. The number of nitro groups is 1. The van der Waals surface area contributed by atoms with Gasteiger partial charge in [-0.25, -0.2) is 0 Å². The minimum Gasteiger partial charge on any atom is -0.309 e. The van der Waals surface area contributed by atoms with Crippen molar-refractivity contribution in [2.75, 3.05) is 13.1 Å². The first kappa shape index (κ1) is 17.6. The van der Waals surface area contributed by atoms with E-state index < -0.39 is 0 Å². The van der Waals surface area contributed by atoms with Crippen LogP contribution in [0.2, 0.25) is 0 Å². The molecule has 124 valence electrons. The Morgan fingerprint density at radius 3 is 2.48 bits per heavy atom. The third-order valence-electron chi connectivity index (χ3n) is 3.87. The van der Waals surface area contributed by atoms with Gasteiger partial charge in [-0.05, 0) is 29.8 Å². The van der Waals surface area contributed by atoms with E-state index in [2.05, 4.69) is 48.3 Å². The predicted octanol–water partition coefficient (Wildman–Crippen LogP) is 3.79. The normalized spacial score (nSPS) is 11.1. The van der Waals surface area contributed by atoms with E-state index in [1.165, 1.54) is 22.5 Å². The average molecular weight is 333 g/mol. The lowest BCUT2D eigenvalue weighted by Gasteiger charge is -2.20. The summed E-state index contributed by atoms with van der Waals surface area (Å²) in [6.07, 6.45) is 0. The molecule has 0 aliphatic carbocycles. The molecule has 0 aliphatic heterocycles. The maximum absolute atomic E-state index is 10.7. The Morgan fingerprint density at radius 1 is 1.17 bits per heavy atom. The van der Waals surface area contributed by atoms with Crippen LogP contribution in [0.5, 0.6) is 0 Å². The molecule has 1 N–H and O–H groups in total. The Balaban J connectivity index is 1.93. The number of thiophene rings is 1. The summed E-state index contributed by atoms with van der Waals surface area (Å²) in [6, 6.07) is 10.1. The van der Waals surface area contributed by atoms with Gasteiger partial charge in [0, 0.05) is 31.1 Å². The number of hydrogen-bond acceptors (Lipinski definition) is 5. The van der Waals surface area contributed by atoms with Gasteiger partial charge in [0.2, 0.25) is 0 Å². The molecule has 0 saturated heterocycles. The van der Waals surface area contributed by atoms with Crippen molar-refractivity contribution in [2.45, 2.75) is 33.5 Å². The number of nitrogens with one attached hydrogen (secondary N) is 1. The third kappa shape index (κ3) is 5.13. The summed E-state index contributed by atoms with van der Waals surface area (Å²) in [4.78, 5) is 12.8. The summed E-state index contributed by atoms with van der Waals surface area (Å²) in [5.41, 5.74) is 3.58. The van der Waals surface area contributed by atoms with Gasteiger partial charge in [-0.15, -0.1) is 0 Å². The molecule has 0 aliphatic rings. The lowest BCUT2D eigenvalue weighted by Crippen LogP contribution is -2.23. The highest BCUT2D eigenvalue weighted by atomic mass is 32.1. The van der Waals surface area contributed by atoms with Crippen LogP contribution in [0.25, 0.3) is 0 Å². The smallest absolute Gasteiger partial charge is 0.309 e. The van der Waals surface area contributed by atoms with Gasteiger partial charge in [0.1, 0.15) is 0 Å². The van der Waals surface area contributed by atoms with Crippen LogP contribution in [-0.4, -0.2) is 22.9 Å². The third-order valence-corrected chi connectivity index (χ3v) is 4.80. The first-order valence-corrected chi connectivity index (χ1v) is 8.73. The zero-order valence-electron chi connectivity index (χ0n) is 13.6. The Kier molecular flexibility index (Phi) is 6.70. The van der Waals surface area contributed by atoms with Crippen LogP contribution >= 0.6 is 11.3 Å². The largest absolute Gasteiger partial charge is 0.324 e. The molecule has 0 saturated carbocycles. The van der Waals surface area contributed by atoms with Gasteiger partial charge in [-0.3, -0.25) is 15.0 Å². The molecule has 0 atom stereocenters. The van der Waals surface area contributed by atoms with Crippen molar-refractivity contribution in [3.63, 3.8) is 0 Å². The first-order valence-electron chi connectivity index (χ1n) is 7.85. The van der Waals surface area contributed by atoms with E-state index in [0.29, 0.717) is 6.54 Å². The van der Waals surface area contributed by atoms with Crippen molar-refractivity contribution < 1.29 is 4.92 Å². The lowest BCUT2D eigenvalue weighted by atomic mass is 10.1. The fourth-order valence-corrected chi connectivity index (χ4v) is 3.19. The zero-order chi connectivity index (χ0) is 16.7. The quantitative estimate of drug-likeness (QED) is 0.560. The van der Waals surface area contributed by atoms with Crippen molar-refractivity contribution in [1.82, 2.24) is 10.2 Å². The lowest BCUT2D eigenvalue weighted by molar-refractivity contribution is -0.380. The van der Waals surface area contributed by atoms with E-state index in [-0.39, 0.29) is 9.92 Å². The molecule has 0 unspecified atom stereocenters. The predicted molar refractivity (Wildman–Crippen MR) is 94.6 cm³/mol. The van der Waals surface area contributed by atoms with E-state index in [1.54, 1.807) is 6.07 Å². The molecular formula is C17H23N3O2S. The summed E-state index contributed by atoms with van der Waals surface area (Å²) in [5.74, 6) is 0. The van der Waals surface area contributed by atoms with Gasteiger partial charge in [-0.1, -0.05) is 49.4 Å². The van der Waals surface area contributed by atoms with E-state index >= 15 is 0 Å². The highest BCUT2D eigenvalue weighted by Crippen LogP contribution is 2.22. The SMILES string of the molecule is CCN(CC)Cc1ccccc1CNCc1csc([N+](=O)[O-])c1. The molecule has 6 heteroatoms. The molecule has 0 amide bonds. The van der Waals surface area contributed by atoms with E-state index in [4.69, 9.17) is 0 Å². The second-order valence-corrected chi connectivity index (χ2v) is 6.27. The van der Waals surface area contributed by atoms with E-state index in [1.807, 2.05) is 5.38 Å². The summed E-state index contributed by atoms with van der Waals surface area (Å²) in [6.45, 7) is 8.79. The van der Waals surface area contributed by atoms with Crippen molar-refractivity contribution in [1.29, 1.82) is 0 Å². The van der Waals surface area contributed by atoms with E-state index in [9.17, 15) is 10.1 Å². The second kappa shape index (κ2) is 8.76. The molecule has 0 bridgehead atoms. The van der Waals surface area contributed by atoms with Crippen LogP contribution in [0.3, 0.4) is 0 Å². The number of nitrogens with zero attached hydrogens (tertiary/aromatic N) is 2. The van der Waals surface area contributed by atoms with Crippen LogP contribution in [-0.2, 0) is 19.6 Å². The summed E-state index contributed by atoms with van der Waals surface area (Å²) in [5, 5.41) is 16.1. The van der Waals surface area contributed by atoms with Gasteiger partial charge < -0.3 is 5.32 Å². The van der Waals surface area contributed by atoms with Crippen LogP contribution in [0.15, 0.2) is 35.7 Å². The van der Waals surface area contributed by atoms with Crippen molar-refractivity contribution in [2.24, 2.45) is 0 Å². The topological polar surface area (TPSA) is 58.4 Å². The van der Waals surface area contributed by atoms with Crippen LogP contribution in [0.4, 0.5) is 5.00 Å². The minimum absolute atomic E-state index is 0.198. The van der Waals surface area contributed by atoms with E-state index in [0.717, 1.165) is 31.7 Å². The van der Waals surface area contributed by atoms with Gasteiger partial charge in [0.15, 0.2) is 0 Å².